The lowest BCUT2D eigenvalue weighted by Crippen LogP contribution is -1.87. The van der Waals surface area contributed by atoms with Gasteiger partial charge < -0.3 is 10.2 Å². The Hall–Kier alpha value is -2.34. The Bertz CT molecular complexity index is 725. The summed E-state index contributed by atoms with van der Waals surface area (Å²) in [6.45, 7) is 0. The quantitative estimate of drug-likeness (QED) is 0.743. The number of nitrogens with zero attached hydrogens (tertiary/aromatic N) is 2. The summed E-state index contributed by atoms with van der Waals surface area (Å²) < 4.78 is 18.3. The molecule has 0 unspecified atom stereocenters. The van der Waals surface area contributed by atoms with Crippen molar-refractivity contribution in [2.75, 3.05) is 5.73 Å². The average molecular weight is 301 g/mol. The van der Waals surface area contributed by atoms with E-state index < -0.39 is 0 Å². The Labute approximate surface area is 125 Å². The Kier molecular flexibility index (Phi) is 3.87. The van der Waals surface area contributed by atoms with Crippen LogP contribution in [0.15, 0.2) is 58.3 Å². The summed E-state index contributed by atoms with van der Waals surface area (Å²) in [6, 6.07) is 9.71. The fraction of sp³-hybridized carbons (Fsp3) is 0.0667. The summed E-state index contributed by atoms with van der Waals surface area (Å²) in [4.78, 5) is 8.59. The number of pyridine rings is 1. The second kappa shape index (κ2) is 5.97. The smallest absolute Gasteiger partial charge is 0.226 e. The molecule has 21 heavy (non-hydrogen) atoms. The van der Waals surface area contributed by atoms with Gasteiger partial charge in [-0.15, -0.1) is 0 Å². The van der Waals surface area contributed by atoms with Gasteiger partial charge in [-0.25, -0.2) is 14.4 Å². The van der Waals surface area contributed by atoms with Crippen LogP contribution in [0, 0.1) is 5.82 Å². The van der Waals surface area contributed by atoms with Crippen molar-refractivity contribution < 1.29 is 8.81 Å². The molecule has 0 spiro atoms. The molecule has 0 fully saturated rings. The van der Waals surface area contributed by atoms with E-state index in [1.165, 1.54) is 12.1 Å². The van der Waals surface area contributed by atoms with Crippen LogP contribution in [0.1, 0.15) is 5.69 Å². The van der Waals surface area contributed by atoms with Gasteiger partial charge in [-0.05, 0) is 36.4 Å². The molecule has 3 rings (SSSR count). The highest BCUT2D eigenvalue weighted by atomic mass is 32.2. The van der Waals surface area contributed by atoms with Gasteiger partial charge in [-0.1, -0.05) is 11.8 Å². The first-order valence-corrected chi connectivity index (χ1v) is 7.24. The molecule has 0 saturated heterocycles. The third-order valence-electron chi connectivity index (χ3n) is 2.77. The normalized spacial score (nSPS) is 10.7. The molecule has 2 aromatic heterocycles. The lowest BCUT2D eigenvalue weighted by Gasteiger charge is -1.98. The fourth-order valence-electron chi connectivity index (χ4n) is 1.72. The molecule has 3 aromatic rings. The van der Waals surface area contributed by atoms with Crippen LogP contribution in [0.2, 0.25) is 0 Å². The van der Waals surface area contributed by atoms with Gasteiger partial charge in [0.2, 0.25) is 5.89 Å². The fourth-order valence-corrected chi connectivity index (χ4v) is 2.44. The Morgan fingerprint density at radius 1 is 1.14 bits per heavy atom. The van der Waals surface area contributed by atoms with Crippen LogP contribution in [0.5, 0.6) is 0 Å². The van der Waals surface area contributed by atoms with Crippen LogP contribution in [-0.4, -0.2) is 9.97 Å². The zero-order valence-corrected chi connectivity index (χ0v) is 11.8. The first-order valence-electron chi connectivity index (χ1n) is 6.25. The van der Waals surface area contributed by atoms with Crippen LogP contribution in [0.4, 0.5) is 10.1 Å². The predicted molar refractivity (Wildman–Crippen MR) is 80.1 cm³/mol. The van der Waals surface area contributed by atoms with E-state index in [-0.39, 0.29) is 5.82 Å². The summed E-state index contributed by atoms with van der Waals surface area (Å²) in [5.74, 6) is 0.841. The third-order valence-corrected chi connectivity index (χ3v) is 3.75. The molecule has 0 saturated carbocycles. The molecule has 0 aliphatic rings. The first kappa shape index (κ1) is 13.6. The highest BCUT2D eigenvalue weighted by Crippen LogP contribution is 2.24. The van der Waals surface area contributed by atoms with Crippen molar-refractivity contribution in [3.63, 3.8) is 0 Å². The van der Waals surface area contributed by atoms with Crippen LogP contribution in [0.25, 0.3) is 11.5 Å². The van der Waals surface area contributed by atoms with Crippen molar-refractivity contribution in [2.24, 2.45) is 0 Å². The number of rotatable bonds is 4. The molecule has 4 nitrogen and oxygen atoms in total. The molecule has 0 atom stereocenters. The SMILES string of the molecule is Nc1ccc(SCc2coc(-c3ccc(F)cc3)n2)nc1. The second-order valence-corrected chi connectivity index (χ2v) is 5.36. The molecule has 0 bridgehead atoms. The summed E-state index contributed by atoms with van der Waals surface area (Å²) >= 11 is 1.54. The van der Waals surface area contributed by atoms with Crippen LogP contribution >= 0.6 is 11.8 Å². The van der Waals surface area contributed by atoms with E-state index in [0.29, 0.717) is 17.3 Å². The van der Waals surface area contributed by atoms with Gasteiger partial charge in [0.05, 0.1) is 22.6 Å². The lowest BCUT2D eigenvalue weighted by molar-refractivity contribution is 0.573. The van der Waals surface area contributed by atoms with Crippen LogP contribution in [0.3, 0.4) is 0 Å². The first-order chi connectivity index (χ1) is 10.2. The summed E-state index contributed by atoms with van der Waals surface area (Å²) in [7, 11) is 0. The second-order valence-electron chi connectivity index (χ2n) is 4.37. The van der Waals surface area contributed by atoms with Gasteiger partial charge >= 0.3 is 0 Å². The van der Waals surface area contributed by atoms with Crippen LogP contribution in [-0.2, 0) is 5.75 Å². The van der Waals surface area contributed by atoms with Crippen molar-refractivity contribution >= 4 is 17.4 Å². The van der Waals surface area contributed by atoms with Gasteiger partial charge in [0.25, 0.3) is 0 Å². The highest BCUT2D eigenvalue weighted by molar-refractivity contribution is 7.98. The van der Waals surface area contributed by atoms with E-state index in [1.807, 2.05) is 12.1 Å². The number of nitrogen functional groups attached to an aromatic ring is 1. The minimum atomic E-state index is -0.282. The predicted octanol–water partition coefficient (Wildman–Crippen LogP) is 3.75. The molecular formula is C15H12FN3OS. The highest BCUT2D eigenvalue weighted by Gasteiger charge is 2.07. The third kappa shape index (κ3) is 3.41. The number of hydrogen-bond donors (Lipinski definition) is 1. The minimum absolute atomic E-state index is 0.282. The number of aromatic nitrogens is 2. The van der Waals surface area contributed by atoms with Crippen molar-refractivity contribution in [3.8, 4) is 11.5 Å². The Morgan fingerprint density at radius 2 is 1.95 bits per heavy atom. The van der Waals surface area contributed by atoms with Crippen molar-refractivity contribution in [1.82, 2.24) is 9.97 Å². The molecule has 1 aromatic carbocycles. The van der Waals surface area contributed by atoms with Gasteiger partial charge in [0.1, 0.15) is 12.1 Å². The topological polar surface area (TPSA) is 64.9 Å². The molecular weight excluding hydrogens is 289 g/mol. The maximum atomic E-state index is 12.9. The number of anilines is 1. The van der Waals surface area contributed by atoms with Crippen LogP contribution < -0.4 is 5.73 Å². The molecule has 0 radical (unpaired) electrons. The number of benzene rings is 1. The molecule has 6 heteroatoms. The van der Waals surface area contributed by atoms with Crippen molar-refractivity contribution in [3.05, 3.63) is 60.4 Å². The Morgan fingerprint density at radius 3 is 2.67 bits per heavy atom. The standard InChI is InChI=1S/C15H12FN3OS/c16-11-3-1-10(2-4-11)15-19-13(8-20-15)9-21-14-6-5-12(17)7-18-14/h1-8H,9,17H2. The Balaban J connectivity index is 1.67. The van der Waals surface area contributed by atoms with Gasteiger partial charge in [-0.2, -0.15) is 0 Å². The van der Waals surface area contributed by atoms with E-state index in [0.717, 1.165) is 16.3 Å². The van der Waals surface area contributed by atoms with E-state index in [1.54, 1.807) is 36.4 Å². The van der Waals surface area contributed by atoms with Crippen molar-refractivity contribution in [1.29, 1.82) is 0 Å². The maximum absolute atomic E-state index is 12.9. The lowest BCUT2D eigenvalue weighted by atomic mass is 10.2. The van der Waals surface area contributed by atoms with Gasteiger partial charge in [0, 0.05) is 11.3 Å². The van der Waals surface area contributed by atoms with E-state index in [2.05, 4.69) is 9.97 Å². The average Bonchev–Trinajstić information content (AvgIpc) is 2.96. The summed E-state index contributed by atoms with van der Waals surface area (Å²) in [6.07, 6.45) is 3.22. The van der Waals surface area contributed by atoms with E-state index in [4.69, 9.17) is 10.2 Å². The number of halogens is 1. The zero-order chi connectivity index (χ0) is 14.7. The largest absolute Gasteiger partial charge is 0.444 e. The molecule has 0 aliphatic carbocycles. The summed E-state index contributed by atoms with van der Waals surface area (Å²) in [5.41, 5.74) is 7.78. The molecule has 106 valence electrons. The van der Waals surface area contributed by atoms with E-state index in [9.17, 15) is 4.39 Å². The summed E-state index contributed by atoms with van der Waals surface area (Å²) in [5, 5.41) is 0.871. The minimum Gasteiger partial charge on any atom is -0.444 e. The zero-order valence-electron chi connectivity index (χ0n) is 11.0. The number of thioether (sulfide) groups is 1. The molecule has 2 heterocycles. The maximum Gasteiger partial charge on any atom is 0.226 e. The van der Waals surface area contributed by atoms with Crippen molar-refractivity contribution in [2.45, 2.75) is 10.8 Å². The monoisotopic (exact) mass is 301 g/mol. The number of hydrogen-bond acceptors (Lipinski definition) is 5. The number of nitrogens with two attached hydrogens (primary N) is 1. The van der Waals surface area contributed by atoms with Gasteiger partial charge in [0.15, 0.2) is 0 Å². The van der Waals surface area contributed by atoms with Gasteiger partial charge in [-0.3, -0.25) is 0 Å². The van der Waals surface area contributed by atoms with E-state index >= 15 is 0 Å². The number of oxazole rings is 1. The molecule has 2 N–H and O–H groups in total. The molecule has 0 amide bonds. The molecule has 0 aliphatic heterocycles.